The van der Waals surface area contributed by atoms with Crippen molar-refractivity contribution in [1.82, 2.24) is 4.90 Å². The summed E-state index contributed by atoms with van der Waals surface area (Å²) in [6, 6.07) is 1.21. The van der Waals surface area contributed by atoms with Gasteiger partial charge in [-0.25, -0.2) is 0 Å². The maximum atomic E-state index is 5.84. The molecule has 2 atom stereocenters. The van der Waals surface area contributed by atoms with Gasteiger partial charge in [0, 0.05) is 25.2 Å². The number of hydrogen-bond acceptors (Lipinski definition) is 3. The van der Waals surface area contributed by atoms with Crippen molar-refractivity contribution in [3.63, 3.8) is 0 Å². The molecule has 1 heterocycles. The van der Waals surface area contributed by atoms with E-state index in [0.29, 0.717) is 12.1 Å². The fourth-order valence-corrected chi connectivity index (χ4v) is 2.49. The molecule has 1 saturated heterocycles. The smallest absolute Gasteiger partial charge is 0.0621 e. The van der Waals surface area contributed by atoms with Crippen LogP contribution in [0.15, 0.2) is 0 Å². The molecule has 2 fully saturated rings. The van der Waals surface area contributed by atoms with E-state index in [1.165, 1.54) is 25.7 Å². The number of nitrogens with two attached hydrogens (primary N) is 1. The first-order chi connectivity index (χ1) is 6.83. The lowest BCUT2D eigenvalue weighted by Crippen LogP contribution is -2.48. The second-order valence-electron chi connectivity index (χ2n) is 4.68. The zero-order valence-electron chi connectivity index (χ0n) is 9.11. The first-order valence-corrected chi connectivity index (χ1v) is 5.82. The van der Waals surface area contributed by atoms with Gasteiger partial charge in [-0.15, -0.1) is 0 Å². The molecule has 2 N–H and O–H groups in total. The molecule has 2 rings (SSSR count). The van der Waals surface area contributed by atoms with Gasteiger partial charge < -0.3 is 10.5 Å². The molecule has 0 aromatic rings. The van der Waals surface area contributed by atoms with Gasteiger partial charge in [0.15, 0.2) is 0 Å². The SMILES string of the molecule is CN(C1CCCOC1)C(CN)C1CC1. The Balaban J connectivity index is 1.86. The standard InChI is InChI=1S/C11H22N2O/c1-13(10-3-2-6-14-8-10)11(7-12)9-4-5-9/h9-11H,2-8,12H2,1H3. The molecule has 14 heavy (non-hydrogen) atoms. The lowest BCUT2D eigenvalue weighted by molar-refractivity contribution is 0.00983. The van der Waals surface area contributed by atoms with Crippen molar-refractivity contribution in [2.24, 2.45) is 11.7 Å². The molecular weight excluding hydrogens is 176 g/mol. The van der Waals surface area contributed by atoms with E-state index in [1.54, 1.807) is 0 Å². The summed E-state index contributed by atoms with van der Waals surface area (Å²) in [5, 5.41) is 0. The van der Waals surface area contributed by atoms with Crippen LogP contribution in [0.5, 0.6) is 0 Å². The van der Waals surface area contributed by atoms with Crippen molar-refractivity contribution in [3.8, 4) is 0 Å². The summed E-state index contributed by atoms with van der Waals surface area (Å²) >= 11 is 0. The highest BCUT2D eigenvalue weighted by atomic mass is 16.5. The Labute approximate surface area is 86.6 Å². The highest BCUT2D eigenvalue weighted by Crippen LogP contribution is 2.35. The van der Waals surface area contributed by atoms with E-state index in [4.69, 9.17) is 10.5 Å². The Kier molecular flexibility index (Phi) is 3.42. The fourth-order valence-electron chi connectivity index (χ4n) is 2.49. The van der Waals surface area contributed by atoms with Gasteiger partial charge in [-0.3, -0.25) is 4.90 Å². The van der Waals surface area contributed by atoms with Crippen LogP contribution in [0.2, 0.25) is 0 Å². The number of nitrogens with zero attached hydrogens (tertiary/aromatic N) is 1. The molecule has 82 valence electrons. The maximum absolute atomic E-state index is 5.84. The molecule has 1 aliphatic heterocycles. The lowest BCUT2D eigenvalue weighted by atomic mass is 10.0. The second kappa shape index (κ2) is 4.60. The fraction of sp³-hybridized carbons (Fsp3) is 1.00. The molecule has 2 aliphatic rings. The van der Waals surface area contributed by atoms with Crippen LogP contribution in [-0.2, 0) is 4.74 Å². The molecule has 0 radical (unpaired) electrons. The molecule has 3 nitrogen and oxygen atoms in total. The van der Waals surface area contributed by atoms with E-state index in [1.807, 2.05) is 0 Å². The summed E-state index contributed by atoms with van der Waals surface area (Å²) in [6.07, 6.45) is 5.23. The van der Waals surface area contributed by atoms with Gasteiger partial charge in [0.1, 0.15) is 0 Å². The molecule has 0 amide bonds. The second-order valence-corrected chi connectivity index (χ2v) is 4.68. The third kappa shape index (κ3) is 2.27. The third-order valence-corrected chi connectivity index (χ3v) is 3.64. The zero-order valence-corrected chi connectivity index (χ0v) is 9.11. The van der Waals surface area contributed by atoms with Gasteiger partial charge >= 0.3 is 0 Å². The zero-order chi connectivity index (χ0) is 9.97. The van der Waals surface area contributed by atoms with Crippen molar-refractivity contribution >= 4 is 0 Å². The van der Waals surface area contributed by atoms with Crippen LogP contribution >= 0.6 is 0 Å². The van der Waals surface area contributed by atoms with E-state index in [-0.39, 0.29) is 0 Å². The Bertz CT molecular complexity index is 176. The number of ether oxygens (including phenoxy) is 1. The summed E-state index contributed by atoms with van der Waals surface area (Å²) in [5.41, 5.74) is 5.84. The minimum absolute atomic E-state index is 0.599. The number of hydrogen-bond donors (Lipinski definition) is 1. The Morgan fingerprint density at radius 1 is 1.43 bits per heavy atom. The van der Waals surface area contributed by atoms with Gasteiger partial charge in [-0.2, -0.15) is 0 Å². The van der Waals surface area contributed by atoms with E-state index >= 15 is 0 Å². The monoisotopic (exact) mass is 198 g/mol. The average molecular weight is 198 g/mol. The van der Waals surface area contributed by atoms with E-state index in [9.17, 15) is 0 Å². The summed E-state index contributed by atoms with van der Waals surface area (Å²) in [6.45, 7) is 2.65. The predicted octanol–water partition coefficient (Wildman–Crippen LogP) is 0.834. The van der Waals surface area contributed by atoms with Crippen molar-refractivity contribution in [3.05, 3.63) is 0 Å². The minimum Gasteiger partial charge on any atom is -0.380 e. The number of rotatable bonds is 4. The van der Waals surface area contributed by atoms with E-state index in [0.717, 1.165) is 25.7 Å². The summed E-state index contributed by atoms with van der Waals surface area (Å²) in [7, 11) is 2.22. The van der Waals surface area contributed by atoms with Crippen LogP contribution in [0.25, 0.3) is 0 Å². The van der Waals surface area contributed by atoms with Crippen molar-refractivity contribution in [2.45, 2.75) is 37.8 Å². The van der Waals surface area contributed by atoms with Crippen LogP contribution in [0.1, 0.15) is 25.7 Å². The topological polar surface area (TPSA) is 38.5 Å². The van der Waals surface area contributed by atoms with Crippen LogP contribution in [-0.4, -0.2) is 43.8 Å². The minimum atomic E-state index is 0.599. The van der Waals surface area contributed by atoms with Gasteiger partial charge in [0.05, 0.1) is 6.61 Å². The molecule has 1 aliphatic carbocycles. The molecular formula is C11H22N2O. The third-order valence-electron chi connectivity index (χ3n) is 3.64. The molecule has 0 aromatic carbocycles. The highest BCUT2D eigenvalue weighted by molar-refractivity contribution is 4.90. The molecule has 0 aromatic heterocycles. The van der Waals surface area contributed by atoms with Crippen LogP contribution in [0.4, 0.5) is 0 Å². The van der Waals surface area contributed by atoms with E-state index in [2.05, 4.69) is 11.9 Å². The first-order valence-electron chi connectivity index (χ1n) is 5.82. The Hall–Kier alpha value is -0.120. The van der Waals surface area contributed by atoms with Crippen LogP contribution < -0.4 is 5.73 Å². The van der Waals surface area contributed by atoms with Crippen LogP contribution in [0, 0.1) is 5.92 Å². The maximum Gasteiger partial charge on any atom is 0.0621 e. The Morgan fingerprint density at radius 3 is 2.71 bits per heavy atom. The quantitative estimate of drug-likeness (QED) is 0.727. The first kappa shape index (κ1) is 10.4. The lowest BCUT2D eigenvalue weighted by Gasteiger charge is -2.36. The van der Waals surface area contributed by atoms with E-state index < -0.39 is 0 Å². The summed E-state index contributed by atoms with van der Waals surface area (Å²) in [4.78, 5) is 2.47. The van der Waals surface area contributed by atoms with Gasteiger partial charge in [-0.05, 0) is 38.6 Å². The summed E-state index contributed by atoms with van der Waals surface area (Å²) in [5.74, 6) is 0.868. The van der Waals surface area contributed by atoms with Crippen LogP contribution in [0.3, 0.4) is 0 Å². The molecule has 0 spiro atoms. The van der Waals surface area contributed by atoms with Gasteiger partial charge in [0.25, 0.3) is 0 Å². The van der Waals surface area contributed by atoms with Gasteiger partial charge in [0.2, 0.25) is 0 Å². The molecule has 3 heteroatoms. The van der Waals surface area contributed by atoms with Crippen molar-refractivity contribution in [2.75, 3.05) is 26.8 Å². The van der Waals surface area contributed by atoms with Gasteiger partial charge in [-0.1, -0.05) is 0 Å². The normalized spacial score (nSPS) is 30.6. The molecule has 2 unspecified atom stereocenters. The molecule has 1 saturated carbocycles. The average Bonchev–Trinajstić information content (AvgIpc) is 3.04. The largest absolute Gasteiger partial charge is 0.380 e. The Morgan fingerprint density at radius 2 is 2.21 bits per heavy atom. The predicted molar refractivity (Wildman–Crippen MR) is 57.2 cm³/mol. The summed E-state index contributed by atoms with van der Waals surface area (Å²) < 4.78 is 5.52. The van der Waals surface area contributed by atoms with Crippen molar-refractivity contribution < 1.29 is 4.74 Å². The highest BCUT2D eigenvalue weighted by Gasteiger charge is 2.35. The molecule has 0 bridgehead atoms. The number of likely N-dealkylation sites (N-methyl/N-ethyl adjacent to an activating group) is 1. The van der Waals surface area contributed by atoms with Crippen molar-refractivity contribution in [1.29, 1.82) is 0 Å².